The first-order valence-electron chi connectivity index (χ1n) is 23.1. The average molecular weight is 1050 g/mol. The molecule has 398 valence electrons. The number of nitrogens with zero attached hydrogens (tertiary/aromatic N) is 2. The maximum atomic E-state index is 14.5. The van der Waals surface area contributed by atoms with Crippen LogP contribution >= 0.6 is 21.6 Å². The van der Waals surface area contributed by atoms with Gasteiger partial charge in [-0.2, -0.15) is 0 Å². The van der Waals surface area contributed by atoms with Gasteiger partial charge in [0, 0.05) is 37.4 Å². The third-order valence-corrected chi connectivity index (χ3v) is 14.0. The highest BCUT2D eigenvalue weighted by Crippen LogP contribution is 2.26. The van der Waals surface area contributed by atoms with Gasteiger partial charge < -0.3 is 81.6 Å². The summed E-state index contributed by atoms with van der Waals surface area (Å²) in [7, 11) is 2.00. The van der Waals surface area contributed by atoms with Crippen LogP contribution in [0.15, 0.2) is 29.3 Å². The summed E-state index contributed by atoms with van der Waals surface area (Å²) in [5.41, 5.74) is 33.7. The van der Waals surface area contributed by atoms with Crippen molar-refractivity contribution in [2.24, 2.45) is 45.3 Å². The Morgan fingerprint density at radius 1 is 0.806 bits per heavy atom. The molecule has 3 rings (SSSR count). The Hall–Kier alpha value is -6.88. The van der Waals surface area contributed by atoms with Gasteiger partial charge in [0.2, 0.25) is 65.0 Å². The lowest BCUT2D eigenvalue weighted by molar-refractivity contribution is -0.142. The van der Waals surface area contributed by atoms with Crippen molar-refractivity contribution in [1.29, 1.82) is 0 Å². The van der Waals surface area contributed by atoms with Gasteiger partial charge in [0.15, 0.2) is 5.96 Å². The van der Waals surface area contributed by atoms with E-state index in [1.165, 1.54) is 29.2 Å². The number of hydrogen-bond acceptors (Lipinski definition) is 16. The Morgan fingerprint density at radius 3 is 2.06 bits per heavy atom. The van der Waals surface area contributed by atoms with Crippen LogP contribution in [0, 0.1) is 5.92 Å². The number of carbonyl (C=O) groups excluding carboxylic acids is 11. The Kier molecular flexibility index (Phi) is 24.3. The first kappa shape index (κ1) is 59.4. The van der Waals surface area contributed by atoms with E-state index in [9.17, 15) is 57.8 Å². The molecule has 0 bridgehead atoms. The minimum atomic E-state index is -1.78. The zero-order valence-corrected chi connectivity index (χ0v) is 41.7. The van der Waals surface area contributed by atoms with E-state index in [4.69, 9.17) is 34.4 Å². The second-order valence-electron chi connectivity index (χ2n) is 17.2. The van der Waals surface area contributed by atoms with Crippen molar-refractivity contribution in [3.05, 3.63) is 29.8 Å². The standard InChI is InChI=1S/C43H67N15O12S2/c1-3-21(2)34-41(69)53-26(12-13-31(45)60)37(65)55-28(17-32(46)61)38(66)56-29(20-72-71-19-24(44)35(63)54-27(39(67)57-34)16-22-8-10-23(59)11-9-22)42(70)58-15-5-7-30(58)40(68)52-25(6-4-14-50-43(48)49)36(64)51-18-33(47)62/h8-11,21,24-30,34,59H,3-7,12-20,44H2,1-2H3,(H2,45,60)(H2,46,61)(H2,47,62)(H,51,64)(H,52,68)(H,53,69)(H,54,63)(H,55,65)(H,56,66)(H,57,67)(H4,48,49,50)/t21-,24-,25-,26?,27?,28-,29?,30-,34-/m0/s1. The Balaban J connectivity index is 2.04. The highest BCUT2D eigenvalue weighted by Gasteiger charge is 2.41. The lowest BCUT2D eigenvalue weighted by Gasteiger charge is -2.31. The number of likely N-dealkylation sites (tertiary alicyclic amines) is 1. The molecule has 2 saturated heterocycles. The van der Waals surface area contributed by atoms with Crippen molar-refractivity contribution in [2.45, 2.75) is 120 Å². The van der Waals surface area contributed by atoms with E-state index in [-0.39, 0.29) is 62.0 Å². The molecule has 1 aromatic carbocycles. The van der Waals surface area contributed by atoms with Crippen LogP contribution in [0.4, 0.5) is 0 Å². The van der Waals surface area contributed by atoms with Gasteiger partial charge in [-0.15, -0.1) is 0 Å². The fourth-order valence-electron chi connectivity index (χ4n) is 7.41. The fourth-order valence-corrected chi connectivity index (χ4v) is 9.69. The maximum Gasteiger partial charge on any atom is 0.246 e. The molecule has 0 saturated carbocycles. The zero-order chi connectivity index (χ0) is 53.7. The number of phenols is 1. The molecule has 72 heavy (non-hydrogen) atoms. The SMILES string of the molecule is CC[C@H](C)[C@@H]1NC(=O)C(Cc2ccc(O)cc2)NC(=O)[C@@H](N)CSSCC(C(=O)N2CCC[C@H]2C(=O)N[C@@H](CCCN=C(N)N)C(=O)NCC(N)=O)NC(=O)[C@H](CC(N)=O)NC(=O)C(CCC(N)=O)NC1=O. The van der Waals surface area contributed by atoms with Gasteiger partial charge in [0.1, 0.15) is 48.0 Å². The minimum absolute atomic E-state index is 0.00520. The Bertz CT molecular complexity index is 2170. The first-order chi connectivity index (χ1) is 34.0. The molecule has 9 atom stereocenters. The number of rotatable bonds is 19. The lowest BCUT2D eigenvalue weighted by Crippen LogP contribution is -2.61. The molecule has 0 aromatic heterocycles. The molecule has 0 spiro atoms. The molecule has 20 N–H and O–H groups in total. The summed E-state index contributed by atoms with van der Waals surface area (Å²) in [6.07, 6.45) is -0.813. The van der Waals surface area contributed by atoms with E-state index in [2.05, 4.69) is 42.2 Å². The number of aromatic hydroxyl groups is 1. The van der Waals surface area contributed by atoms with Gasteiger partial charge in [-0.1, -0.05) is 54.0 Å². The van der Waals surface area contributed by atoms with Crippen molar-refractivity contribution in [3.8, 4) is 5.75 Å². The van der Waals surface area contributed by atoms with E-state index in [0.29, 0.717) is 18.4 Å². The van der Waals surface area contributed by atoms with Gasteiger partial charge in [-0.3, -0.25) is 57.7 Å². The highest BCUT2D eigenvalue weighted by molar-refractivity contribution is 8.76. The van der Waals surface area contributed by atoms with E-state index in [1.807, 2.05) is 0 Å². The molecule has 11 amide bonds. The van der Waals surface area contributed by atoms with Crippen LogP contribution < -0.4 is 71.6 Å². The maximum absolute atomic E-state index is 14.5. The molecular weight excluding hydrogens is 983 g/mol. The van der Waals surface area contributed by atoms with Crippen molar-refractivity contribution < 1.29 is 57.8 Å². The smallest absolute Gasteiger partial charge is 0.246 e. The molecule has 2 aliphatic rings. The van der Waals surface area contributed by atoms with E-state index >= 15 is 0 Å². The second-order valence-corrected chi connectivity index (χ2v) is 19.8. The van der Waals surface area contributed by atoms with Crippen molar-refractivity contribution in [1.82, 2.24) is 42.1 Å². The number of guanidine groups is 1. The van der Waals surface area contributed by atoms with Crippen LogP contribution in [0.1, 0.15) is 70.8 Å². The Labute approximate surface area is 423 Å². The summed E-state index contributed by atoms with van der Waals surface area (Å²) in [5.74, 6) is -10.9. The van der Waals surface area contributed by atoms with Crippen LogP contribution in [-0.4, -0.2) is 160 Å². The number of amides is 11. The topological polar surface area (TPSA) is 464 Å². The van der Waals surface area contributed by atoms with Gasteiger partial charge in [-0.25, -0.2) is 0 Å². The van der Waals surface area contributed by atoms with Crippen LogP contribution in [0.25, 0.3) is 0 Å². The number of nitrogens with one attached hydrogen (secondary N) is 7. The summed E-state index contributed by atoms with van der Waals surface area (Å²) in [5, 5.41) is 27.6. The number of hydrogen-bond donors (Lipinski definition) is 14. The summed E-state index contributed by atoms with van der Waals surface area (Å²) >= 11 is 0. The summed E-state index contributed by atoms with van der Waals surface area (Å²) in [4.78, 5) is 152. The van der Waals surface area contributed by atoms with Crippen LogP contribution in [-0.2, 0) is 59.2 Å². The third kappa shape index (κ3) is 19.7. The number of phenolic OH excluding ortho intramolecular Hbond substituents is 1. The largest absolute Gasteiger partial charge is 0.508 e. The molecule has 2 aliphatic heterocycles. The van der Waals surface area contributed by atoms with Crippen molar-refractivity contribution in [2.75, 3.05) is 31.1 Å². The number of benzene rings is 1. The number of nitrogens with two attached hydrogens (primary N) is 6. The predicted molar refractivity (Wildman–Crippen MR) is 265 cm³/mol. The average Bonchev–Trinajstić information content (AvgIpc) is 3.82. The van der Waals surface area contributed by atoms with Gasteiger partial charge in [-0.05, 0) is 55.7 Å². The number of primary amides is 3. The van der Waals surface area contributed by atoms with Crippen LogP contribution in [0.3, 0.4) is 0 Å². The predicted octanol–water partition coefficient (Wildman–Crippen LogP) is -5.60. The van der Waals surface area contributed by atoms with E-state index in [1.54, 1.807) is 13.8 Å². The minimum Gasteiger partial charge on any atom is -0.508 e. The molecule has 2 fully saturated rings. The molecule has 0 aliphatic carbocycles. The molecule has 0 radical (unpaired) electrons. The van der Waals surface area contributed by atoms with Crippen molar-refractivity contribution >= 4 is 92.5 Å². The molecule has 29 heteroatoms. The molecular formula is C43H67N15O12S2. The van der Waals surface area contributed by atoms with E-state index in [0.717, 1.165) is 21.6 Å². The molecule has 3 unspecified atom stereocenters. The molecule has 27 nitrogen and oxygen atoms in total. The number of carbonyl (C=O) groups is 11. The Morgan fingerprint density at radius 2 is 1.43 bits per heavy atom. The van der Waals surface area contributed by atoms with Gasteiger partial charge >= 0.3 is 0 Å². The summed E-state index contributed by atoms with van der Waals surface area (Å²) < 4.78 is 0. The first-order valence-corrected chi connectivity index (χ1v) is 25.6. The highest BCUT2D eigenvalue weighted by atomic mass is 33.1. The summed E-state index contributed by atoms with van der Waals surface area (Å²) in [6.45, 7) is 2.95. The van der Waals surface area contributed by atoms with Crippen LogP contribution in [0.2, 0.25) is 0 Å². The van der Waals surface area contributed by atoms with Gasteiger partial charge in [0.25, 0.3) is 0 Å². The van der Waals surface area contributed by atoms with Gasteiger partial charge in [0.05, 0.1) is 19.0 Å². The monoisotopic (exact) mass is 1050 g/mol. The number of aliphatic imine (C=N–C) groups is 1. The second kappa shape index (κ2) is 29.5. The molecule has 2 heterocycles. The quantitative estimate of drug-likeness (QED) is 0.0266. The molecule has 1 aromatic rings. The van der Waals surface area contributed by atoms with Crippen molar-refractivity contribution in [3.63, 3.8) is 0 Å². The fraction of sp³-hybridized carbons (Fsp3) is 0.581. The normalized spacial score (nSPS) is 23.6. The zero-order valence-electron chi connectivity index (χ0n) is 40.0. The third-order valence-electron chi connectivity index (χ3n) is 11.5. The summed E-state index contributed by atoms with van der Waals surface area (Å²) in [6, 6.07) is -5.40. The lowest BCUT2D eigenvalue weighted by atomic mass is 9.96. The van der Waals surface area contributed by atoms with E-state index < -0.39 is 145 Å². The van der Waals surface area contributed by atoms with Crippen LogP contribution in [0.5, 0.6) is 5.75 Å².